The number of benzene rings is 1. The summed E-state index contributed by atoms with van der Waals surface area (Å²) in [5, 5.41) is 0. The third kappa shape index (κ3) is 3.51. The van der Waals surface area contributed by atoms with Crippen LogP contribution < -0.4 is 4.74 Å². The molecular formula is C13H14N2O3S. The fourth-order valence-electron chi connectivity index (χ4n) is 1.60. The molecule has 0 aliphatic rings. The second-order valence-corrected chi connectivity index (χ2v) is 6.29. The molecule has 0 fully saturated rings. The zero-order valence-electron chi connectivity index (χ0n) is 10.9. The molecule has 0 atom stereocenters. The summed E-state index contributed by atoms with van der Waals surface area (Å²) in [6, 6.07) is 8.25. The van der Waals surface area contributed by atoms with Crippen LogP contribution in [0.15, 0.2) is 35.2 Å². The van der Waals surface area contributed by atoms with Gasteiger partial charge < -0.3 is 4.74 Å². The first-order valence-electron chi connectivity index (χ1n) is 5.65. The second-order valence-electron chi connectivity index (χ2n) is 4.28. The van der Waals surface area contributed by atoms with Gasteiger partial charge in [0.1, 0.15) is 5.75 Å². The predicted molar refractivity (Wildman–Crippen MR) is 71.1 cm³/mol. The van der Waals surface area contributed by atoms with Crippen LogP contribution in [0.1, 0.15) is 11.4 Å². The lowest BCUT2D eigenvalue weighted by molar-refractivity contribution is 0.438. The molecule has 0 spiro atoms. The van der Waals surface area contributed by atoms with Crippen LogP contribution in [0, 0.1) is 13.8 Å². The van der Waals surface area contributed by atoms with Crippen molar-refractivity contribution in [3.05, 3.63) is 41.7 Å². The van der Waals surface area contributed by atoms with Crippen molar-refractivity contribution in [1.82, 2.24) is 9.97 Å². The fraction of sp³-hybridized carbons (Fsp3) is 0.231. The molecule has 2 aromatic rings. The molecule has 0 unspecified atom stereocenters. The van der Waals surface area contributed by atoms with E-state index in [4.69, 9.17) is 4.74 Å². The van der Waals surface area contributed by atoms with Crippen LogP contribution in [0.4, 0.5) is 0 Å². The quantitative estimate of drug-likeness (QED) is 0.861. The number of hydrogen-bond acceptors (Lipinski definition) is 5. The van der Waals surface area contributed by atoms with Crippen LogP contribution in [0.2, 0.25) is 0 Å². The Morgan fingerprint density at radius 2 is 1.53 bits per heavy atom. The van der Waals surface area contributed by atoms with Crippen molar-refractivity contribution < 1.29 is 13.2 Å². The van der Waals surface area contributed by atoms with Crippen LogP contribution in [0.25, 0.3) is 0 Å². The van der Waals surface area contributed by atoms with Gasteiger partial charge in [-0.1, -0.05) is 0 Å². The summed E-state index contributed by atoms with van der Waals surface area (Å²) in [5.41, 5.74) is 1.63. The average Bonchev–Trinajstić information content (AvgIpc) is 2.26. The first-order chi connectivity index (χ1) is 8.84. The van der Waals surface area contributed by atoms with E-state index in [1.54, 1.807) is 12.1 Å². The van der Waals surface area contributed by atoms with Gasteiger partial charge in [0.05, 0.1) is 4.90 Å². The van der Waals surface area contributed by atoms with Crippen molar-refractivity contribution in [2.75, 3.05) is 6.26 Å². The van der Waals surface area contributed by atoms with E-state index in [9.17, 15) is 8.42 Å². The third-order valence-electron chi connectivity index (χ3n) is 2.42. The Morgan fingerprint density at radius 1 is 1.00 bits per heavy atom. The van der Waals surface area contributed by atoms with Gasteiger partial charge in [0.25, 0.3) is 0 Å². The van der Waals surface area contributed by atoms with E-state index < -0.39 is 9.84 Å². The summed E-state index contributed by atoms with van der Waals surface area (Å²) in [6.45, 7) is 3.71. The highest BCUT2D eigenvalue weighted by Crippen LogP contribution is 2.20. The Labute approximate surface area is 112 Å². The highest BCUT2D eigenvalue weighted by Gasteiger charge is 2.08. The summed E-state index contributed by atoms with van der Waals surface area (Å²) >= 11 is 0. The summed E-state index contributed by atoms with van der Waals surface area (Å²) in [7, 11) is -3.19. The van der Waals surface area contributed by atoms with Crippen molar-refractivity contribution in [1.29, 1.82) is 0 Å². The molecule has 0 radical (unpaired) electrons. The van der Waals surface area contributed by atoms with E-state index in [2.05, 4.69) is 9.97 Å². The summed E-state index contributed by atoms with van der Waals surface area (Å²) in [4.78, 5) is 8.55. The maximum Gasteiger partial charge on any atom is 0.322 e. The van der Waals surface area contributed by atoms with Crippen molar-refractivity contribution in [2.24, 2.45) is 0 Å². The van der Waals surface area contributed by atoms with Crippen LogP contribution >= 0.6 is 0 Å². The van der Waals surface area contributed by atoms with Crippen LogP contribution in [-0.4, -0.2) is 24.6 Å². The normalized spacial score (nSPS) is 11.3. The van der Waals surface area contributed by atoms with E-state index in [1.165, 1.54) is 12.1 Å². The number of ether oxygens (including phenoxy) is 1. The molecule has 0 aliphatic heterocycles. The van der Waals surface area contributed by atoms with Crippen molar-refractivity contribution >= 4 is 9.84 Å². The number of sulfone groups is 1. The minimum Gasteiger partial charge on any atom is -0.424 e. The van der Waals surface area contributed by atoms with E-state index in [-0.39, 0.29) is 10.9 Å². The van der Waals surface area contributed by atoms with Crippen molar-refractivity contribution in [2.45, 2.75) is 18.7 Å². The maximum atomic E-state index is 11.3. The smallest absolute Gasteiger partial charge is 0.322 e. The predicted octanol–water partition coefficient (Wildman–Crippen LogP) is 2.29. The lowest BCUT2D eigenvalue weighted by Gasteiger charge is -2.06. The fourth-order valence-corrected chi connectivity index (χ4v) is 2.23. The van der Waals surface area contributed by atoms with E-state index in [0.29, 0.717) is 5.75 Å². The molecule has 19 heavy (non-hydrogen) atoms. The van der Waals surface area contributed by atoms with Gasteiger partial charge >= 0.3 is 6.01 Å². The van der Waals surface area contributed by atoms with Gasteiger partial charge in [0, 0.05) is 17.6 Å². The molecular weight excluding hydrogens is 264 g/mol. The summed E-state index contributed by atoms with van der Waals surface area (Å²) < 4.78 is 28.1. The van der Waals surface area contributed by atoms with Gasteiger partial charge in [-0.3, -0.25) is 0 Å². The van der Waals surface area contributed by atoms with Gasteiger partial charge in [0.2, 0.25) is 0 Å². The zero-order chi connectivity index (χ0) is 14.0. The molecule has 2 rings (SSSR count). The Hall–Kier alpha value is -1.95. The Morgan fingerprint density at radius 3 is 2.00 bits per heavy atom. The number of aryl methyl sites for hydroxylation is 2. The minimum atomic E-state index is -3.19. The number of hydrogen-bond donors (Lipinski definition) is 0. The molecule has 100 valence electrons. The van der Waals surface area contributed by atoms with E-state index in [0.717, 1.165) is 17.6 Å². The first kappa shape index (κ1) is 13.5. The standard InChI is InChI=1S/C13H14N2O3S/c1-9-8-10(2)15-13(14-9)18-11-4-6-12(7-5-11)19(3,16)17/h4-8H,1-3H3. The van der Waals surface area contributed by atoms with E-state index in [1.807, 2.05) is 19.9 Å². The second kappa shape index (κ2) is 4.97. The van der Waals surface area contributed by atoms with Gasteiger partial charge in [-0.15, -0.1) is 0 Å². The largest absolute Gasteiger partial charge is 0.424 e. The number of rotatable bonds is 3. The molecule has 1 aromatic carbocycles. The summed E-state index contributed by atoms with van der Waals surface area (Å²) in [5.74, 6) is 0.498. The van der Waals surface area contributed by atoms with Crippen LogP contribution in [0.5, 0.6) is 11.8 Å². The van der Waals surface area contributed by atoms with Gasteiger partial charge in [-0.05, 0) is 44.2 Å². The third-order valence-corrected chi connectivity index (χ3v) is 3.55. The molecule has 0 N–H and O–H groups in total. The molecule has 0 aliphatic carbocycles. The minimum absolute atomic E-state index is 0.251. The van der Waals surface area contributed by atoms with Crippen LogP contribution in [0.3, 0.4) is 0 Å². The number of aromatic nitrogens is 2. The monoisotopic (exact) mass is 278 g/mol. The Kier molecular flexibility index (Phi) is 3.53. The zero-order valence-corrected chi connectivity index (χ0v) is 11.7. The van der Waals surface area contributed by atoms with Crippen LogP contribution in [-0.2, 0) is 9.84 Å². The van der Waals surface area contributed by atoms with Crippen molar-refractivity contribution in [3.8, 4) is 11.8 Å². The maximum absolute atomic E-state index is 11.3. The van der Waals surface area contributed by atoms with Gasteiger partial charge in [-0.25, -0.2) is 18.4 Å². The molecule has 6 heteroatoms. The molecule has 1 aromatic heterocycles. The van der Waals surface area contributed by atoms with Crippen molar-refractivity contribution in [3.63, 3.8) is 0 Å². The van der Waals surface area contributed by atoms with Gasteiger partial charge in [-0.2, -0.15) is 0 Å². The SMILES string of the molecule is Cc1cc(C)nc(Oc2ccc(S(C)(=O)=O)cc2)n1. The molecule has 0 saturated carbocycles. The Balaban J connectivity index is 2.24. The molecule has 0 saturated heterocycles. The molecule has 0 bridgehead atoms. The highest BCUT2D eigenvalue weighted by atomic mass is 32.2. The molecule has 1 heterocycles. The summed E-state index contributed by atoms with van der Waals surface area (Å²) in [6.07, 6.45) is 1.16. The van der Waals surface area contributed by atoms with E-state index >= 15 is 0 Å². The highest BCUT2D eigenvalue weighted by molar-refractivity contribution is 7.90. The topological polar surface area (TPSA) is 69.2 Å². The lowest BCUT2D eigenvalue weighted by atomic mass is 10.3. The van der Waals surface area contributed by atoms with Gasteiger partial charge in [0.15, 0.2) is 9.84 Å². The lowest BCUT2D eigenvalue weighted by Crippen LogP contribution is -1.98. The number of nitrogens with zero attached hydrogens (tertiary/aromatic N) is 2. The molecule has 0 amide bonds. The molecule has 5 nitrogen and oxygen atoms in total. The Bertz CT molecular complexity index is 674. The first-order valence-corrected chi connectivity index (χ1v) is 7.54. The average molecular weight is 278 g/mol.